The highest BCUT2D eigenvalue weighted by Crippen LogP contribution is 2.34. The molecule has 4 heteroatoms. The summed E-state index contributed by atoms with van der Waals surface area (Å²) in [4.78, 5) is 4.02. The van der Waals surface area contributed by atoms with Crippen LogP contribution in [-0.4, -0.2) is 18.6 Å². The van der Waals surface area contributed by atoms with Gasteiger partial charge in [0.1, 0.15) is 5.75 Å². The fraction of sp³-hybridized carbons (Fsp3) is 0.375. The van der Waals surface area contributed by atoms with Crippen LogP contribution in [0.1, 0.15) is 29.0 Å². The van der Waals surface area contributed by atoms with Gasteiger partial charge in [0.15, 0.2) is 0 Å². The number of nitrogen functional groups attached to an aromatic ring is 1. The first-order chi connectivity index (χ1) is 9.69. The predicted octanol–water partition coefficient (Wildman–Crippen LogP) is 3.46. The summed E-state index contributed by atoms with van der Waals surface area (Å²) in [5, 5.41) is 2.20. The molecule has 1 atom stereocenters. The van der Waals surface area contributed by atoms with Crippen LogP contribution in [0.2, 0.25) is 0 Å². The highest BCUT2D eigenvalue weighted by Gasteiger charge is 2.25. The Bertz CT molecular complexity index is 608. The number of hydrogen-bond acceptors (Lipinski definition) is 4. The maximum absolute atomic E-state index is 6.10. The summed E-state index contributed by atoms with van der Waals surface area (Å²) in [6.07, 6.45) is 1.14. The second-order valence-corrected chi connectivity index (χ2v) is 6.26. The zero-order chi connectivity index (χ0) is 14.1. The van der Waals surface area contributed by atoms with Gasteiger partial charge in [-0.1, -0.05) is 0 Å². The van der Waals surface area contributed by atoms with E-state index < -0.39 is 0 Å². The number of nitrogens with two attached hydrogens (primary N) is 1. The van der Waals surface area contributed by atoms with Gasteiger partial charge in [-0.3, -0.25) is 4.90 Å². The van der Waals surface area contributed by atoms with Crippen molar-refractivity contribution in [2.45, 2.75) is 25.9 Å². The number of methoxy groups -OCH3 is 1. The van der Waals surface area contributed by atoms with Crippen molar-refractivity contribution >= 4 is 17.0 Å². The predicted molar refractivity (Wildman–Crippen MR) is 84.3 cm³/mol. The van der Waals surface area contributed by atoms with Crippen molar-refractivity contribution in [3.63, 3.8) is 0 Å². The van der Waals surface area contributed by atoms with Crippen LogP contribution in [0.4, 0.5) is 5.69 Å². The third kappa shape index (κ3) is 2.41. The normalized spacial score (nSPS) is 18.8. The quantitative estimate of drug-likeness (QED) is 0.879. The number of benzene rings is 1. The summed E-state index contributed by atoms with van der Waals surface area (Å²) >= 11 is 1.88. The molecule has 1 aromatic carbocycles. The first-order valence-electron chi connectivity index (χ1n) is 6.91. The van der Waals surface area contributed by atoms with Gasteiger partial charge in [0.25, 0.3) is 0 Å². The molecule has 2 aromatic rings. The van der Waals surface area contributed by atoms with E-state index in [1.807, 2.05) is 29.5 Å². The highest BCUT2D eigenvalue weighted by atomic mass is 32.1. The number of nitrogens with zero attached hydrogens (tertiary/aromatic N) is 1. The van der Waals surface area contributed by atoms with E-state index in [0.29, 0.717) is 6.04 Å². The van der Waals surface area contributed by atoms with Gasteiger partial charge in [-0.05, 0) is 54.1 Å². The molecule has 20 heavy (non-hydrogen) atoms. The smallest absolute Gasteiger partial charge is 0.119 e. The molecule has 0 saturated carbocycles. The van der Waals surface area contributed by atoms with Crippen LogP contribution < -0.4 is 10.5 Å². The summed E-state index contributed by atoms with van der Waals surface area (Å²) in [6.45, 7) is 4.24. The molecule has 1 aromatic heterocycles. The molecule has 3 rings (SSSR count). The number of thiophene rings is 1. The summed E-state index contributed by atoms with van der Waals surface area (Å²) in [5.74, 6) is 0.870. The van der Waals surface area contributed by atoms with Crippen molar-refractivity contribution in [3.05, 3.63) is 45.6 Å². The van der Waals surface area contributed by atoms with E-state index in [-0.39, 0.29) is 0 Å². The average Bonchev–Trinajstić information content (AvgIpc) is 2.93. The Labute approximate surface area is 124 Å². The maximum atomic E-state index is 6.10. The van der Waals surface area contributed by atoms with Gasteiger partial charge in [-0.25, -0.2) is 0 Å². The lowest BCUT2D eigenvalue weighted by molar-refractivity contribution is 0.191. The second kappa shape index (κ2) is 5.46. The fourth-order valence-electron chi connectivity index (χ4n) is 2.84. The molecular formula is C16H20N2OS. The van der Waals surface area contributed by atoms with Crippen molar-refractivity contribution in [3.8, 4) is 5.75 Å². The van der Waals surface area contributed by atoms with Crippen molar-refractivity contribution in [1.82, 2.24) is 4.90 Å². The van der Waals surface area contributed by atoms with Gasteiger partial charge >= 0.3 is 0 Å². The van der Waals surface area contributed by atoms with E-state index in [4.69, 9.17) is 10.5 Å². The zero-order valence-electron chi connectivity index (χ0n) is 11.9. The second-order valence-electron chi connectivity index (χ2n) is 5.26. The Morgan fingerprint density at radius 1 is 1.40 bits per heavy atom. The van der Waals surface area contributed by atoms with Crippen LogP contribution in [0, 0.1) is 0 Å². The minimum Gasteiger partial charge on any atom is -0.497 e. The van der Waals surface area contributed by atoms with Crippen LogP contribution >= 0.6 is 11.3 Å². The SMILES string of the molecule is COc1ccc(N)c(CN2CCc3sccc3C2C)c1. The lowest BCUT2D eigenvalue weighted by Gasteiger charge is -2.33. The number of anilines is 1. The Balaban J connectivity index is 1.82. The van der Waals surface area contributed by atoms with E-state index in [2.05, 4.69) is 23.3 Å². The largest absolute Gasteiger partial charge is 0.497 e. The lowest BCUT2D eigenvalue weighted by atomic mass is 10.0. The molecule has 0 amide bonds. The Morgan fingerprint density at radius 2 is 2.25 bits per heavy atom. The molecule has 1 aliphatic rings. The minimum absolute atomic E-state index is 0.454. The molecule has 2 heterocycles. The highest BCUT2D eigenvalue weighted by molar-refractivity contribution is 7.10. The summed E-state index contributed by atoms with van der Waals surface area (Å²) in [7, 11) is 1.69. The number of ether oxygens (including phenoxy) is 1. The van der Waals surface area contributed by atoms with E-state index in [9.17, 15) is 0 Å². The molecule has 0 aliphatic carbocycles. The van der Waals surface area contributed by atoms with Crippen molar-refractivity contribution < 1.29 is 4.74 Å². The molecule has 0 saturated heterocycles. The molecule has 3 nitrogen and oxygen atoms in total. The standard InChI is InChI=1S/C16H20N2OS/c1-11-14-6-8-20-16(14)5-7-18(11)10-12-9-13(19-2)3-4-15(12)17/h3-4,6,8-9,11H,5,7,10,17H2,1-2H3. The maximum Gasteiger partial charge on any atom is 0.119 e. The van der Waals surface area contributed by atoms with Crippen molar-refractivity contribution in [2.24, 2.45) is 0 Å². The molecule has 2 N–H and O–H groups in total. The Morgan fingerprint density at radius 3 is 3.05 bits per heavy atom. The Hall–Kier alpha value is -1.52. The fourth-order valence-corrected chi connectivity index (χ4v) is 3.80. The summed E-state index contributed by atoms with van der Waals surface area (Å²) in [5.41, 5.74) is 9.57. The number of hydrogen-bond donors (Lipinski definition) is 1. The van der Waals surface area contributed by atoms with Crippen LogP contribution in [0.15, 0.2) is 29.6 Å². The van der Waals surface area contributed by atoms with E-state index in [0.717, 1.165) is 36.5 Å². The van der Waals surface area contributed by atoms with Crippen molar-refractivity contribution in [1.29, 1.82) is 0 Å². The lowest BCUT2D eigenvalue weighted by Crippen LogP contribution is -2.32. The molecule has 1 unspecified atom stereocenters. The molecule has 0 radical (unpaired) electrons. The third-order valence-electron chi connectivity index (χ3n) is 4.13. The molecule has 0 fully saturated rings. The number of fused-ring (bicyclic) bond motifs is 1. The van der Waals surface area contributed by atoms with Gasteiger partial charge in [-0.15, -0.1) is 11.3 Å². The van der Waals surface area contributed by atoms with E-state index in [1.54, 1.807) is 7.11 Å². The van der Waals surface area contributed by atoms with E-state index in [1.165, 1.54) is 10.4 Å². The average molecular weight is 288 g/mol. The summed E-state index contributed by atoms with van der Waals surface area (Å²) < 4.78 is 5.30. The minimum atomic E-state index is 0.454. The van der Waals surface area contributed by atoms with Crippen LogP contribution in [-0.2, 0) is 13.0 Å². The van der Waals surface area contributed by atoms with Crippen molar-refractivity contribution in [2.75, 3.05) is 19.4 Å². The first kappa shape index (κ1) is 13.5. The zero-order valence-corrected chi connectivity index (χ0v) is 12.7. The van der Waals surface area contributed by atoms with Gasteiger partial charge in [0, 0.05) is 29.7 Å². The molecule has 0 bridgehead atoms. The third-order valence-corrected chi connectivity index (χ3v) is 5.12. The van der Waals surface area contributed by atoms with Gasteiger partial charge in [0.05, 0.1) is 7.11 Å². The summed E-state index contributed by atoms with van der Waals surface area (Å²) in [6, 6.07) is 8.60. The number of rotatable bonds is 3. The molecule has 106 valence electrons. The van der Waals surface area contributed by atoms with E-state index >= 15 is 0 Å². The molecule has 1 aliphatic heterocycles. The topological polar surface area (TPSA) is 38.5 Å². The molecule has 0 spiro atoms. The van der Waals surface area contributed by atoms with Gasteiger partial charge < -0.3 is 10.5 Å². The first-order valence-corrected chi connectivity index (χ1v) is 7.79. The van der Waals surface area contributed by atoms with Crippen LogP contribution in [0.3, 0.4) is 0 Å². The molecular weight excluding hydrogens is 268 g/mol. The Kier molecular flexibility index (Phi) is 3.68. The van der Waals surface area contributed by atoms with Gasteiger partial charge in [0.2, 0.25) is 0 Å². The van der Waals surface area contributed by atoms with Crippen LogP contribution in [0.25, 0.3) is 0 Å². The van der Waals surface area contributed by atoms with Gasteiger partial charge in [-0.2, -0.15) is 0 Å². The monoisotopic (exact) mass is 288 g/mol. The van der Waals surface area contributed by atoms with Crippen LogP contribution in [0.5, 0.6) is 5.75 Å².